The normalized spacial score (nSPS) is 23.5. The lowest BCUT2D eigenvalue weighted by Gasteiger charge is -2.48. The fraction of sp³-hybridized carbons (Fsp3) is 0.444. The number of aromatic carboxylic acids is 1. The fourth-order valence-corrected chi connectivity index (χ4v) is 5.92. The highest BCUT2D eigenvalue weighted by molar-refractivity contribution is 5.88. The van der Waals surface area contributed by atoms with E-state index in [0.717, 1.165) is 22.0 Å². The fourth-order valence-electron chi connectivity index (χ4n) is 5.92. The summed E-state index contributed by atoms with van der Waals surface area (Å²) in [6, 6.07) is 9.73. The minimum absolute atomic E-state index is 0.0297. The highest BCUT2D eigenvalue weighted by Gasteiger charge is 2.64. The van der Waals surface area contributed by atoms with Gasteiger partial charge in [-0.3, -0.25) is 4.90 Å². The van der Waals surface area contributed by atoms with Gasteiger partial charge in [-0.05, 0) is 80.5 Å². The van der Waals surface area contributed by atoms with Crippen molar-refractivity contribution in [3.05, 3.63) is 64.8 Å². The van der Waals surface area contributed by atoms with Crippen LogP contribution in [0.5, 0.6) is 5.75 Å². The molecule has 1 aliphatic carbocycles. The van der Waals surface area contributed by atoms with Gasteiger partial charge in [-0.25, -0.2) is 4.79 Å². The number of fused-ring (bicyclic) bond motifs is 1. The molecule has 5 rings (SSSR count). The second kappa shape index (κ2) is 8.59. The average Bonchev–Trinajstić information content (AvgIpc) is 3.56. The summed E-state index contributed by atoms with van der Waals surface area (Å²) in [6.07, 6.45) is -1.16. The molecule has 0 radical (unpaired) electrons. The summed E-state index contributed by atoms with van der Waals surface area (Å²) < 4.78 is 49.2. The van der Waals surface area contributed by atoms with Gasteiger partial charge in [0.1, 0.15) is 5.75 Å². The van der Waals surface area contributed by atoms with Crippen LogP contribution in [0.25, 0.3) is 10.9 Å². The maximum absolute atomic E-state index is 14.5. The Morgan fingerprint density at radius 1 is 1.23 bits per heavy atom. The van der Waals surface area contributed by atoms with Crippen molar-refractivity contribution in [3.63, 3.8) is 0 Å². The number of benzene rings is 2. The molecule has 3 aromatic rings. The smallest absolute Gasteiger partial charge is 0.394 e. The molecule has 186 valence electrons. The largest absolute Gasteiger partial charge is 0.496 e. The Balaban J connectivity index is 1.56. The summed E-state index contributed by atoms with van der Waals surface area (Å²) in [5.74, 6) is -0.681. The summed E-state index contributed by atoms with van der Waals surface area (Å²) in [5, 5.41) is 10.3. The molecule has 1 saturated heterocycles. The molecule has 2 N–H and O–H groups in total. The van der Waals surface area contributed by atoms with Gasteiger partial charge in [-0.15, -0.1) is 0 Å². The number of alkyl halides is 3. The number of aromatic amines is 1. The number of rotatable bonds is 6. The minimum Gasteiger partial charge on any atom is -0.496 e. The van der Waals surface area contributed by atoms with Crippen molar-refractivity contribution in [1.29, 1.82) is 0 Å². The third-order valence-corrected chi connectivity index (χ3v) is 8.00. The molecule has 8 heteroatoms. The number of carboxylic acids is 1. The van der Waals surface area contributed by atoms with Crippen molar-refractivity contribution >= 4 is 16.9 Å². The SMILES string of the molecule is COc1cc(C)c2[nH]ccc2c1CN1CC[C@@](C2CC2)(C(F)(F)F)C[C@H]1c1ccc(C(=O)O)cc1. The number of carbonyl (C=O) groups is 1. The van der Waals surface area contributed by atoms with E-state index in [-0.39, 0.29) is 24.3 Å². The topological polar surface area (TPSA) is 65.6 Å². The van der Waals surface area contributed by atoms with E-state index in [0.29, 0.717) is 37.2 Å². The number of hydrogen-bond donors (Lipinski definition) is 2. The van der Waals surface area contributed by atoms with Crippen molar-refractivity contribution in [2.75, 3.05) is 13.7 Å². The van der Waals surface area contributed by atoms with Crippen LogP contribution in [0, 0.1) is 18.3 Å². The molecule has 2 aromatic carbocycles. The Morgan fingerprint density at radius 3 is 2.54 bits per heavy atom. The summed E-state index contributed by atoms with van der Waals surface area (Å²) in [7, 11) is 1.61. The van der Waals surface area contributed by atoms with E-state index in [1.807, 2.05) is 25.3 Å². The third-order valence-electron chi connectivity index (χ3n) is 8.00. The second-order valence-electron chi connectivity index (χ2n) is 9.94. The Hall–Kier alpha value is -3.00. The van der Waals surface area contributed by atoms with Crippen LogP contribution in [0.3, 0.4) is 0 Å². The molecule has 0 unspecified atom stereocenters. The molecule has 0 spiro atoms. The maximum atomic E-state index is 14.5. The molecule has 0 bridgehead atoms. The first kappa shape index (κ1) is 23.7. The standard InChI is InChI=1S/C27H29F3N2O3/c1-16-13-23(35-2)21(20-9-11-31-24(16)20)15-32-12-10-26(19-7-8-19,27(28,29)30)14-22(32)17-3-5-18(6-4-17)25(33)34/h3-6,9,11,13,19,22,31H,7-8,10,12,14-15H2,1-2H3,(H,33,34)/t22-,26+/m0/s1. The molecule has 2 fully saturated rings. The van der Waals surface area contributed by atoms with E-state index >= 15 is 0 Å². The molecule has 1 aliphatic heterocycles. The number of nitrogens with zero attached hydrogens (tertiary/aromatic N) is 1. The van der Waals surface area contributed by atoms with E-state index in [2.05, 4.69) is 9.88 Å². The van der Waals surface area contributed by atoms with Crippen LogP contribution in [0.4, 0.5) is 13.2 Å². The number of carboxylic acid groups (broad SMARTS) is 1. The number of methoxy groups -OCH3 is 1. The van der Waals surface area contributed by atoms with Crippen molar-refractivity contribution < 1.29 is 27.8 Å². The number of H-pyrrole nitrogens is 1. The van der Waals surface area contributed by atoms with Crippen LogP contribution in [0.2, 0.25) is 0 Å². The molecule has 35 heavy (non-hydrogen) atoms. The highest BCUT2D eigenvalue weighted by Crippen LogP contribution is 2.62. The highest BCUT2D eigenvalue weighted by atomic mass is 19.4. The first-order valence-corrected chi connectivity index (χ1v) is 11.9. The van der Waals surface area contributed by atoms with E-state index in [1.165, 1.54) is 12.1 Å². The van der Waals surface area contributed by atoms with Crippen molar-refractivity contribution in [2.45, 2.75) is 51.4 Å². The number of nitrogens with one attached hydrogen (secondary N) is 1. The van der Waals surface area contributed by atoms with Gasteiger partial charge in [-0.2, -0.15) is 13.2 Å². The zero-order valence-electron chi connectivity index (χ0n) is 19.8. The van der Waals surface area contributed by atoms with Gasteiger partial charge in [0.15, 0.2) is 0 Å². The lowest BCUT2D eigenvalue weighted by atomic mass is 9.69. The lowest BCUT2D eigenvalue weighted by molar-refractivity contribution is -0.252. The van der Waals surface area contributed by atoms with Gasteiger partial charge in [0.05, 0.1) is 18.1 Å². The monoisotopic (exact) mass is 486 g/mol. The summed E-state index contributed by atoms with van der Waals surface area (Å²) in [4.78, 5) is 16.7. The van der Waals surface area contributed by atoms with Gasteiger partial charge in [0, 0.05) is 35.2 Å². The van der Waals surface area contributed by atoms with Crippen LogP contribution >= 0.6 is 0 Å². The molecule has 5 nitrogen and oxygen atoms in total. The van der Waals surface area contributed by atoms with Gasteiger partial charge in [0.2, 0.25) is 0 Å². The van der Waals surface area contributed by atoms with E-state index in [9.17, 15) is 23.1 Å². The maximum Gasteiger partial charge on any atom is 0.394 e. The predicted molar refractivity (Wildman–Crippen MR) is 127 cm³/mol. The first-order chi connectivity index (χ1) is 16.6. The van der Waals surface area contributed by atoms with Crippen molar-refractivity contribution in [3.8, 4) is 5.75 Å². The summed E-state index contributed by atoms with van der Waals surface area (Å²) in [6.45, 7) is 2.72. The molecule has 1 aromatic heterocycles. The number of aromatic nitrogens is 1. The Morgan fingerprint density at radius 2 is 1.94 bits per heavy atom. The molecule has 2 atom stereocenters. The number of halogens is 3. The quantitative estimate of drug-likeness (QED) is 0.419. The van der Waals surface area contributed by atoms with Crippen molar-refractivity contribution in [2.24, 2.45) is 11.3 Å². The second-order valence-corrected chi connectivity index (χ2v) is 9.94. The van der Waals surface area contributed by atoms with Crippen LogP contribution < -0.4 is 4.74 Å². The zero-order valence-corrected chi connectivity index (χ0v) is 19.8. The zero-order chi connectivity index (χ0) is 25.0. The first-order valence-electron chi connectivity index (χ1n) is 11.9. The van der Waals surface area contributed by atoms with Crippen LogP contribution in [-0.2, 0) is 6.54 Å². The third kappa shape index (κ3) is 4.07. The predicted octanol–water partition coefficient (Wildman–Crippen LogP) is 6.48. The molecular weight excluding hydrogens is 457 g/mol. The van der Waals surface area contributed by atoms with Crippen LogP contribution in [0.1, 0.15) is 58.8 Å². The average molecular weight is 487 g/mol. The molecule has 2 aliphatic rings. The Kier molecular flexibility index (Phi) is 5.82. The molecular formula is C27H29F3N2O3. The molecule has 2 heterocycles. The van der Waals surface area contributed by atoms with Crippen molar-refractivity contribution in [1.82, 2.24) is 9.88 Å². The van der Waals surface area contributed by atoms with E-state index in [1.54, 1.807) is 19.2 Å². The summed E-state index contributed by atoms with van der Waals surface area (Å²) >= 11 is 0. The van der Waals surface area contributed by atoms with Gasteiger partial charge >= 0.3 is 12.1 Å². The number of likely N-dealkylation sites (tertiary alicyclic amines) is 1. The van der Waals surface area contributed by atoms with Gasteiger partial charge in [0.25, 0.3) is 0 Å². The Bertz CT molecular complexity index is 1250. The Labute approximate surface area is 201 Å². The molecule has 0 amide bonds. The number of ether oxygens (including phenoxy) is 1. The minimum atomic E-state index is -4.28. The van der Waals surface area contributed by atoms with Crippen LogP contribution in [-0.4, -0.2) is 40.8 Å². The van der Waals surface area contributed by atoms with Gasteiger partial charge in [-0.1, -0.05) is 12.1 Å². The van der Waals surface area contributed by atoms with Gasteiger partial charge < -0.3 is 14.8 Å². The number of aryl methyl sites for hydroxylation is 1. The van der Waals surface area contributed by atoms with Crippen LogP contribution in [0.15, 0.2) is 42.6 Å². The number of piperidine rings is 1. The van der Waals surface area contributed by atoms with E-state index < -0.39 is 23.6 Å². The summed E-state index contributed by atoms with van der Waals surface area (Å²) in [5.41, 5.74) is 2.08. The number of hydrogen-bond acceptors (Lipinski definition) is 3. The lowest BCUT2D eigenvalue weighted by Crippen LogP contribution is -2.50. The molecule has 1 saturated carbocycles. The van der Waals surface area contributed by atoms with E-state index in [4.69, 9.17) is 4.74 Å².